The molecular weight excluding hydrogens is 450 g/mol. The van der Waals surface area contributed by atoms with Gasteiger partial charge in [0.15, 0.2) is 5.16 Å². The van der Waals surface area contributed by atoms with Crippen molar-refractivity contribution in [2.24, 2.45) is 0 Å². The zero-order valence-electron chi connectivity index (χ0n) is 20.1. The summed E-state index contributed by atoms with van der Waals surface area (Å²) < 4.78 is 2.16. The Bertz CT molecular complexity index is 1190. The van der Waals surface area contributed by atoms with Crippen LogP contribution in [0.5, 0.6) is 0 Å². The van der Waals surface area contributed by atoms with Gasteiger partial charge >= 0.3 is 0 Å². The van der Waals surface area contributed by atoms with E-state index in [2.05, 4.69) is 64.2 Å². The second-order valence-electron chi connectivity index (χ2n) is 9.37. The molecule has 180 valence electrons. The van der Waals surface area contributed by atoms with Gasteiger partial charge in [0.1, 0.15) is 5.60 Å². The Morgan fingerprint density at radius 2 is 1.46 bits per heavy atom. The SMILES string of the molecule is OC(CCN1CCCC1)(Cn1cc(-c2ccccc2)nc1SCc1ccccc1)c1ccccc1. The van der Waals surface area contributed by atoms with Crippen molar-refractivity contribution in [2.75, 3.05) is 19.6 Å². The second-order valence-corrected chi connectivity index (χ2v) is 10.3. The van der Waals surface area contributed by atoms with Gasteiger partial charge < -0.3 is 14.6 Å². The predicted octanol–water partition coefficient (Wildman–Crippen LogP) is 6.22. The number of aromatic nitrogens is 2. The van der Waals surface area contributed by atoms with Crippen LogP contribution in [-0.2, 0) is 17.9 Å². The Balaban J connectivity index is 1.45. The summed E-state index contributed by atoms with van der Waals surface area (Å²) in [4.78, 5) is 7.49. The van der Waals surface area contributed by atoms with Crippen molar-refractivity contribution in [3.8, 4) is 11.3 Å². The highest BCUT2D eigenvalue weighted by Crippen LogP contribution is 2.33. The predicted molar refractivity (Wildman–Crippen MR) is 144 cm³/mol. The maximum atomic E-state index is 12.1. The lowest BCUT2D eigenvalue weighted by Gasteiger charge is -2.31. The first kappa shape index (κ1) is 23.9. The minimum absolute atomic E-state index is 0.474. The van der Waals surface area contributed by atoms with Gasteiger partial charge in [-0.15, -0.1) is 0 Å². The van der Waals surface area contributed by atoms with E-state index in [1.165, 1.54) is 18.4 Å². The molecule has 1 aliphatic heterocycles. The van der Waals surface area contributed by atoms with Gasteiger partial charge in [-0.1, -0.05) is 103 Å². The summed E-state index contributed by atoms with van der Waals surface area (Å²) in [5.41, 5.74) is 3.29. The van der Waals surface area contributed by atoms with E-state index in [1.807, 2.05) is 42.5 Å². The van der Waals surface area contributed by atoms with Gasteiger partial charge in [0.05, 0.1) is 12.2 Å². The number of imidazole rings is 1. The maximum absolute atomic E-state index is 12.1. The molecule has 3 aromatic carbocycles. The van der Waals surface area contributed by atoms with E-state index in [1.54, 1.807) is 11.8 Å². The summed E-state index contributed by atoms with van der Waals surface area (Å²) >= 11 is 1.73. The van der Waals surface area contributed by atoms with Crippen LogP contribution in [0, 0.1) is 0 Å². The zero-order valence-corrected chi connectivity index (χ0v) is 20.9. The van der Waals surface area contributed by atoms with Crippen LogP contribution in [-0.4, -0.2) is 39.2 Å². The number of aliphatic hydroxyl groups is 1. The maximum Gasteiger partial charge on any atom is 0.169 e. The molecule has 1 aromatic heterocycles. The Kier molecular flexibility index (Phi) is 7.67. The molecule has 1 N–H and O–H groups in total. The fraction of sp³-hybridized carbons (Fsp3) is 0.300. The lowest BCUT2D eigenvalue weighted by molar-refractivity contribution is 0.000127. The number of likely N-dealkylation sites (tertiary alicyclic amines) is 1. The summed E-state index contributed by atoms with van der Waals surface area (Å²) in [6.07, 6.45) is 5.31. The zero-order chi connectivity index (χ0) is 23.9. The van der Waals surface area contributed by atoms with Crippen LogP contribution in [0.15, 0.2) is 102 Å². The van der Waals surface area contributed by atoms with Crippen molar-refractivity contribution in [1.29, 1.82) is 0 Å². The molecule has 1 atom stereocenters. The average Bonchev–Trinajstić information content (AvgIpc) is 3.58. The van der Waals surface area contributed by atoms with Crippen LogP contribution in [0.1, 0.15) is 30.4 Å². The van der Waals surface area contributed by atoms with Crippen LogP contribution < -0.4 is 0 Å². The lowest BCUT2D eigenvalue weighted by atomic mass is 9.90. The minimum atomic E-state index is -0.972. The number of benzene rings is 3. The molecule has 1 unspecified atom stereocenters. The van der Waals surface area contributed by atoms with Gasteiger partial charge in [-0.2, -0.15) is 0 Å². The molecular formula is C30H33N3OS. The van der Waals surface area contributed by atoms with Crippen molar-refractivity contribution in [1.82, 2.24) is 14.5 Å². The summed E-state index contributed by atoms with van der Waals surface area (Å²) in [5, 5.41) is 13.0. The Hall–Kier alpha value is -2.86. The normalized spacial score (nSPS) is 15.8. The van der Waals surface area contributed by atoms with Crippen molar-refractivity contribution in [3.63, 3.8) is 0 Å². The van der Waals surface area contributed by atoms with Crippen molar-refractivity contribution >= 4 is 11.8 Å². The van der Waals surface area contributed by atoms with E-state index < -0.39 is 5.60 Å². The van der Waals surface area contributed by atoms with Crippen LogP contribution in [0.4, 0.5) is 0 Å². The number of nitrogens with zero attached hydrogens (tertiary/aromatic N) is 3. The van der Waals surface area contributed by atoms with E-state index in [-0.39, 0.29) is 0 Å². The fourth-order valence-electron chi connectivity index (χ4n) is 4.79. The summed E-state index contributed by atoms with van der Waals surface area (Å²) in [6, 6.07) is 30.9. The van der Waals surface area contributed by atoms with Crippen molar-refractivity contribution < 1.29 is 5.11 Å². The van der Waals surface area contributed by atoms with E-state index in [0.29, 0.717) is 13.0 Å². The highest BCUT2D eigenvalue weighted by atomic mass is 32.2. The van der Waals surface area contributed by atoms with Crippen LogP contribution in [0.2, 0.25) is 0 Å². The van der Waals surface area contributed by atoms with Gasteiger partial charge in [0.2, 0.25) is 0 Å². The highest BCUT2D eigenvalue weighted by molar-refractivity contribution is 7.98. The molecule has 0 aliphatic carbocycles. The number of hydrogen-bond donors (Lipinski definition) is 1. The number of rotatable bonds is 10. The van der Waals surface area contributed by atoms with Crippen molar-refractivity contribution in [3.05, 3.63) is 108 Å². The second kappa shape index (κ2) is 11.3. The number of thioether (sulfide) groups is 1. The monoisotopic (exact) mass is 483 g/mol. The third kappa shape index (κ3) is 6.04. The third-order valence-electron chi connectivity index (χ3n) is 6.80. The lowest BCUT2D eigenvalue weighted by Crippen LogP contribution is -2.36. The quantitative estimate of drug-likeness (QED) is 0.272. The van der Waals surface area contributed by atoms with Gasteiger partial charge in [0.25, 0.3) is 0 Å². The average molecular weight is 484 g/mol. The van der Waals surface area contributed by atoms with Gasteiger partial charge in [-0.25, -0.2) is 4.98 Å². The highest BCUT2D eigenvalue weighted by Gasteiger charge is 2.32. The molecule has 4 nitrogen and oxygen atoms in total. The molecule has 0 saturated carbocycles. The number of hydrogen-bond acceptors (Lipinski definition) is 4. The largest absolute Gasteiger partial charge is 0.383 e. The standard InChI is InChI=1S/C30H33N3OS/c34-30(27-16-8-3-9-17-27,18-21-32-19-10-11-20-32)24-33-22-28(26-14-6-2-7-15-26)31-29(33)35-23-25-12-4-1-5-13-25/h1-9,12-17,22,34H,10-11,18-21,23-24H2. The molecule has 0 amide bonds. The fourth-order valence-corrected chi connectivity index (χ4v) is 5.73. The van der Waals surface area contributed by atoms with Crippen molar-refractivity contribution in [2.45, 2.75) is 42.3 Å². The minimum Gasteiger partial charge on any atom is -0.383 e. The smallest absolute Gasteiger partial charge is 0.169 e. The molecule has 35 heavy (non-hydrogen) atoms. The Morgan fingerprint density at radius 3 is 2.14 bits per heavy atom. The van der Waals surface area contributed by atoms with Crippen LogP contribution in [0.25, 0.3) is 11.3 Å². The molecule has 0 spiro atoms. The summed E-state index contributed by atoms with van der Waals surface area (Å²) in [7, 11) is 0. The molecule has 0 radical (unpaired) electrons. The molecule has 5 heteroatoms. The summed E-state index contributed by atoms with van der Waals surface area (Å²) in [6.45, 7) is 3.64. The molecule has 1 aliphatic rings. The molecule has 1 fully saturated rings. The van der Waals surface area contributed by atoms with E-state index >= 15 is 0 Å². The van der Waals surface area contributed by atoms with E-state index in [9.17, 15) is 5.11 Å². The third-order valence-corrected chi connectivity index (χ3v) is 7.87. The van der Waals surface area contributed by atoms with Gasteiger partial charge in [-0.3, -0.25) is 0 Å². The first-order valence-corrected chi connectivity index (χ1v) is 13.5. The van der Waals surface area contributed by atoms with Crippen LogP contribution in [0.3, 0.4) is 0 Å². The molecule has 1 saturated heterocycles. The topological polar surface area (TPSA) is 41.3 Å². The Labute approximate surface area is 212 Å². The van der Waals surface area contributed by atoms with Gasteiger partial charge in [0, 0.05) is 24.1 Å². The first-order chi connectivity index (χ1) is 17.2. The molecule has 4 aromatic rings. The van der Waals surface area contributed by atoms with Gasteiger partial charge in [-0.05, 0) is 43.5 Å². The summed E-state index contributed by atoms with van der Waals surface area (Å²) in [5.74, 6) is 0.837. The van der Waals surface area contributed by atoms with E-state index in [4.69, 9.17) is 4.98 Å². The molecule has 5 rings (SSSR count). The molecule has 2 heterocycles. The molecule has 0 bridgehead atoms. The van der Waals surface area contributed by atoms with E-state index in [0.717, 1.165) is 47.4 Å². The van der Waals surface area contributed by atoms with Crippen LogP contribution >= 0.6 is 11.8 Å². The first-order valence-electron chi connectivity index (χ1n) is 12.5. The Morgan fingerprint density at radius 1 is 0.829 bits per heavy atom.